The van der Waals surface area contributed by atoms with Gasteiger partial charge in [-0.3, -0.25) is 0 Å². The molecule has 1 aliphatic heterocycles. The van der Waals surface area contributed by atoms with E-state index in [9.17, 15) is 30.6 Å². The minimum Gasteiger partial charge on any atom is -0.571 e. The van der Waals surface area contributed by atoms with E-state index < -0.39 is 23.4 Å². The first-order valence-corrected chi connectivity index (χ1v) is 6.29. The van der Waals surface area contributed by atoms with Crippen molar-refractivity contribution in [1.82, 2.24) is 0 Å². The molecule has 0 radical (unpaired) electrons. The van der Waals surface area contributed by atoms with E-state index in [1.165, 1.54) is 12.2 Å². The summed E-state index contributed by atoms with van der Waals surface area (Å²) in [7, 11) is 0. The summed E-state index contributed by atoms with van der Waals surface area (Å²) in [5.74, 6) is -2.43. The van der Waals surface area contributed by atoms with Gasteiger partial charge in [-0.2, -0.15) is 0 Å². The van der Waals surface area contributed by atoms with Crippen molar-refractivity contribution in [2.24, 2.45) is 0 Å². The van der Waals surface area contributed by atoms with Crippen LogP contribution in [0.2, 0.25) is 0 Å². The van der Waals surface area contributed by atoms with Crippen molar-refractivity contribution in [3.63, 3.8) is 0 Å². The highest BCUT2D eigenvalue weighted by Gasteiger charge is 2.34. The molecule has 0 saturated heterocycles. The smallest absolute Gasteiger partial charge is 0.305 e. The number of aliphatic hydroxyl groups is 5. The number of fused-ring (bicyclic) bond motifs is 1. The number of hydrogen-bond acceptors (Lipinski definition) is 6. The van der Waals surface area contributed by atoms with E-state index in [2.05, 4.69) is 4.74 Å². The highest BCUT2D eigenvalue weighted by atomic mass is 16.5. The highest BCUT2D eigenvalue weighted by molar-refractivity contribution is 5.71. The van der Waals surface area contributed by atoms with Crippen molar-refractivity contribution in [2.75, 3.05) is 0 Å². The van der Waals surface area contributed by atoms with E-state index in [0.29, 0.717) is 5.57 Å². The molecule has 22 heavy (non-hydrogen) atoms. The summed E-state index contributed by atoms with van der Waals surface area (Å²) >= 11 is 0. The maximum absolute atomic E-state index is 10.1. The fourth-order valence-corrected chi connectivity index (χ4v) is 2.32. The Bertz CT molecular complexity index is 760. The van der Waals surface area contributed by atoms with Crippen molar-refractivity contribution in [3.05, 3.63) is 58.8 Å². The number of hydrogen-bond donors (Lipinski definition) is 6. The first-order valence-electron chi connectivity index (χ1n) is 6.29. The monoisotopic (exact) mass is 305 g/mol. The van der Waals surface area contributed by atoms with Gasteiger partial charge in [0, 0.05) is 24.3 Å². The summed E-state index contributed by atoms with van der Waals surface area (Å²) < 4.78 is 4.19. The minimum absolute atomic E-state index is 0.0399. The number of rotatable bonds is 1. The number of aromatic hydroxyl groups is 3. The van der Waals surface area contributed by atoms with Crippen molar-refractivity contribution in [3.8, 4) is 17.2 Å². The third kappa shape index (κ3) is 2.08. The van der Waals surface area contributed by atoms with E-state index in [4.69, 9.17) is 0 Å². The third-order valence-corrected chi connectivity index (χ3v) is 3.37. The molecule has 1 unspecified atom stereocenters. The second-order valence-electron chi connectivity index (χ2n) is 4.89. The van der Waals surface area contributed by atoms with Crippen LogP contribution in [0.25, 0.3) is 5.76 Å². The van der Waals surface area contributed by atoms with Crippen LogP contribution >= 0.6 is 0 Å². The van der Waals surface area contributed by atoms with Gasteiger partial charge in [-0.1, -0.05) is 0 Å². The Hall–Kier alpha value is -3.22. The molecular formula is C15H13O7+. The Morgan fingerprint density at radius 3 is 2.14 bits per heavy atom. The Labute approximate surface area is 124 Å². The van der Waals surface area contributed by atoms with Crippen LogP contribution in [0.5, 0.6) is 17.2 Å². The van der Waals surface area contributed by atoms with Gasteiger partial charge in [0.25, 0.3) is 0 Å². The third-order valence-electron chi connectivity index (χ3n) is 3.37. The van der Waals surface area contributed by atoms with Crippen LogP contribution < -0.4 is 0 Å². The van der Waals surface area contributed by atoms with Gasteiger partial charge >= 0.3 is 5.76 Å². The second kappa shape index (κ2) is 4.66. The average Bonchev–Trinajstić information content (AvgIpc) is 2.44. The molecule has 0 saturated carbocycles. The van der Waals surface area contributed by atoms with Crippen LogP contribution in [-0.2, 0) is 0 Å². The normalized spacial score (nSPS) is 20.5. The Morgan fingerprint density at radius 1 is 0.864 bits per heavy atom. The molecule has 0 fully saturated rings. The first-order chi connectivity index (χ1) is 10.4. The Morgan fingerprint density at radius 2 is 1.50 bits per heavy atom. The number of aliphatic hydroxyl groups excluding tert-OH is 3. The molecule has 1 heterocycles. The molecule has 114 valence electrons. The zero-order chi connectivity index (χ0) is 16.0. The Balaban J connectivity index is 2.09. The van der Waals surface area contributed by atoms with Crippen molar-refractivity contribution in [1.29, 1.82) is 0 Å². The molecule has 7 heteroatoms. The van der Waals surface area contributed by atoms with Crippen molar-refractivity contribution in [2.45, 2.75) is 6.10 Å². The largest absolute Gasteiger partial charge is 0.571 e. The maximum Gasteiger partial charge on any atom is 0.305 e. The summed E-state index contributed by atoms with van der Waals surface area (Å²) in [6.45, 7) is 0. The molecule has 3 rings (SSSR count). The highest BCUT2D eigenvalue weighted by Crippen LogP contribution is 2.40. The molecule has 7 nitrogen and oxygen atoms in total. The van der Waals surface area contributed by atoms with E-state index >= 15 is 0 Å². The molecule has 2 aliphatic rings. The molecule has 1 atom stereocenters. The quantitative estimate of drug-likeness (QED) is 0.346. The number of phenolic OH excluding ortho intramolecular Hbond substituents is 3. The molecule has 0 bridgehead atoms. The maximum atomic E-state index is 10.1. The fourth-order valence-electron chi connectivity index (χ4n) is 2.32. The fraction of sp³-hybridized carbons (Fsp3) is 0.0667. The van der Waals surface area contributed by atoms with E-state index in [1.807, 2.05) is 0 Å². The molecule has 1 aromatic rings. The molecular weight excluding hydrogens is 292 g/mol. The summed E-state index contributed by atoms with van der Waals surface area (Å²) in [6.07, 6.45) is 3.07. The molecule has 0 spiro atoms. The van der Waals surface area contributed by atoms with Gasteiger partial charge in [0.2, 0.25) is 11.9 Å². The van der Waals surface area contributed by atoms with Gasteiger partial charge in [0.1, 0.15) is 11.5 Å². The molecule has 7 N–H and O–H groups in total. The van der Waals surface area contributed by atoms with Crippen LogP contribution in [0, 0.1) is 0 Å². The second-order valence-corrected chi connectivity index (χ2v) is 4.89. The Kier molecular flexibility index (Phi) is 2.91. The standard InChI is InChI=1S/C15H12O7/c16-7-3-9(17)8-5-12(20)15(22-13(8)4-7)6-1-10(18)14(21)11(19)2-6/h1-5,13,16-21H/p+1. The molecule has 0 aromatic heterocycles. The topological polar surface area (TPSA) is 134 Å². The van der Waals surface area contributed by atoms with Crippen LogP contribution in [0.3, 0.4) is 0 Å². The number of allylic oxidation sites excluding steroid dienone is 2. The van der Waals surface area contributed by atoms with E-state index in [0.717, 1.165) is 18.2 Å². The lowest BCUT2D eigenvalue weighted by Gasteiger charge is -2.24. The first kappa shape index (κ1) is 13.7. The van der Waals surface area contributed by atoms with Crippen molar-refractivity contribution < 1.29 is 35.4 Å². The summed E-state index contributed by atoms with van der Waals surface area (Å²) in [5.41, 5.74) is 0.480. The van der Waals surface area contributed by atoms with Gasteiger partial charge in [-0.15, -0.1) is 0 Å². The molecule has 1 aromatic carbocycles. The van der Waals surface area contributed by atoms with Gasteiger partial charge in [0.15, 0.2) is 17.2 Å². The van der Waals surface area contributed by atoms with Gasteiger partial charge in [-0.05, 0) is 0 Å². The van der Waals surface area contributed by atoms with Crippen LogP contribution in [0.1, 0.15) is 5.56 Å². The van der Waals surface area contributed by atoms with E-state index in [1.54, 1.807) is 0 Å². The molecule has 1 aliphatic carbocycles. The average molecular weight is 305 g/mol. The number of benzene rings is 1. The summed E-state index contributed by atoms with van der Waals surface area (Å²) in [6, 6.07) is 2.26. The van der Waals surface area contributed by atoms with Crippen LogP contribution in [0.4, 0.5) is 0 Å². The lowest BCUT2D eigenvalue weighted by atomic mass is 9.97. The SMILES string of the molecule is OC1=CC2[OH+]C(c3cc(O)c(O)c(O)c3)=C(O)C=C2C(O)=C1. The number of ether oxygens (including phenoxy) is 1. The number of phenols is 3. The van der Waals surface area contributed by atoms with Crippen molar-refractivity contribution >= 4 is 5.76 Å². The van der Waals surface area contributed by atoms with Crippen LogP contribution in [0.15, 0.2) is 53.2 Å². The van der Waals surface area contributed by atoms with Crippen LogP contribution in [-0.4, -0.2) is 41.5 Å². The molecule has 0 amide bonds. The lowest BCUT2D eigenvalue weighted by Crippen LogP contribution is -2.25. The summed E-state index contributed by atoms with van der Waals surface area (Å²) in [5, 5.41) is 57.8. The lowest BCUT2D eigenvalue weighted by molar-refractivity contribution is 0.0460. The van der Waals surface area contributed by atoms with Gasteiger partial charge in [-0.25, -0.2) is 0 Å². The van der Waals surface area contributed by atoms with E-state index in [-0.39, 0.29) is 28.6 Å². The predicted molar refractivity (Wildman–Crippen MR) is 76.5 cm³/mol. The minimum atomic E-state index is -0.714. The predicted octanol–water partition coefficient (Wildman–Crippen LogP) is 1.76. The zero-order valence-corrected chi connectivity index (χ0v) is 11.1. The summed E-state index contributed by atoms with van der Waals surface area (Å²) in [4.78, 5) is 0. The van der Waals surface area contributed by atoms with Gasteiger partial charge < -0.3 is 35.4 Å². The van der Waals surface area contributed by atoms with Gasteiger partial charge in [0.05, 0.1) is 17.2 Å². The zero-order valence-electron chi connectivity index (χ0n) is 11.1.